The molecule has 96 valence electrons. The van der Waals surface area contributed by atoms with Gasteiger partial charge in [0.05, 0.1) is 0 Å². The third-order valence-electron chi connectivity index (χ3n) is 4.37. The van der Waals surface area contributed by atoms with Gasteiger partial charge in [-0.15, -0.1) is 0 Å². The molecule has 1 heteroatoms. The first-order chi connectivity index (χ1) is 9.70. The molecule has 0 aliphatic carbocycles. The molecule has 4 rings (SSSR count). The first-order valence-corrected chi connectivity index (χ1v) is 6.83. The molecular weight excluding hydrogens is 244 g/mol. The summed E-state index contributed by atoms with van der Waals surface area (Å²) in [4.78, 5) is 11.3. The van der Waals surface area contributed by atoms with Gasteiger partial charge in [0.15, 0.2) is 6.29 Å². The Morgan fingerprint density at radius 2 is 1.45 bits per heavy atom. The van der Waals surface area contributed by atoms with Crippen molar-refractivity contribution in [3.63, 3.8) is 0 Å². The number of carbonyl (C=O) groups excluding carboxylic acids is 1. The summed E-state index contributed by atoms with van der Waals surface area (Å²) in [6.45, 7) is 4.26. The molecule has 4 aromatic rings. The Bertz CT molecular complexity index is 974. The first-order valence-electron chi connectivity index (χ1n) is 6.83. The predicted molar refractivity (Wildman–Crippen MR) is 85.0 cm³/mol. The smallest absolute Gasteiger partial charge is 0.150 e. The standard InChI is InChI=1S/C19H14O/c1-11-3-7-16-12(2)9-17-14(10-20)5-4-13-6-8-15(11)19(16)18(13)17/h3-10H,1-2H3. The van der Waals surface area contributed by atoms with Crippen molar-refractivity contribution < 1.29 is 4.79 Å². The molecule has 0 heterocycles. The van der Waals surface area contributed by atoms with Gasteiger partial charge in [-0.2, -0.15) is 0 Å². The minimum absolute atomic E-state index is 0.775. The van der Waals surface area contributed by atoms with E-state index in [1.807, 2.05) is 12.1 Å². The molecule has 4 aromatic carbocycles. The normalized spacial score (nSPS) is 11.7. The second-order valence-electron chi connectivity index (χ2n) is 5.53. The molecule has 1 nitrogen and oxygen atoms in total. The highest BCUT2D eigenvalue weighted by Crippen LogP contribution is 2.38. The Balaban J connectivity index is 2.45. The summed E-state index contributed by atoms with van der Waals surface area (Å²) in [7, 11) is 0. The lowest BCUT2D eigenvalue weighted by atomic mass is 9.88. The molecule has 0 bridgehead atoms. The number of aryl methyl sites for hydroxylation is 2. The molecular formula is C19H14O. The van der Waals surface area contributed by atoms with Crippen LogP contribution in [0.1, 0.15) is 21.5 Å². The van der Waals surface area contributed by atoms with Crippen molar-refractivity contribution in [2.45, 2.75) is 13.8 Å². The fraction of sp³-hybridized carbons (Fsp3) is 0.105. The van der Waals surface area contributed by atoms with E-state index in [1.54, 1.807) is 0 Å². The highest BCUT2D eigenvalue weighted by atomic mass is 16.1. The van der Waals surface area contributed by atoms with E-state index < -0.39 is 0 Å². The van der Waals surface area contributed by atoms with Gasteiger partial charge in [0, 0.05) is 5.56 Å². The summed E-state index contributed by atoms with van der Waals surface area (Å²) in [5.74, 6) is 0. The topological polar surface area (TPSA) is 17.1 Å². The van der Waals surface area contributed by atoms with Crippen molar-refractivity contribution in [2.24, 2.45) is 0 Å². The molecule has 0 aliphatic rings. The van der Waals surface area contributed by atoms with Crippen molar-refractivity contribution in [2.75, 3.05) is 0 Å². The quantitative estimate of drug-likeness (QED) is 0.346. The summed E-state index contributed by atoms with van der Waals surface area (Å²) in [6.07, 6.45) is 0.957. The molecule has 0 saturated carbocycles. The Hall–Kier alpha value is -2.41. The van der Waals surface area contributed by atoms with Gasteiger partial charge < -0.3 is 0 Å². The zero-order chi connectivity index (χ0) is 13.9. The fourth-order valence-corrected chi connectivity index (χ4v) is 3.33. The van der Waals surface area contributed by atoms with Gasteiger partial charge in [0.2, 0.25) is 0 Å². The first kappa shape index (κ1) is 11.4. The van der Waals surface area contributed by atoms with Gasteiger partial charge in [-0.05, 0) is 57.3 Å². The molecule has 0 N–H and O–H groups in total. The van der Waals surface area contributed by atoms with Gasteiger partial charge in [0.25, 0.3) is 0 Å². The predicted octanol–water partition coefficient (Wildman–Crippen LogP) is 5.01. The van der Waals surface area contributed by atoms with Crippen molar-refractivity contribution in [1.29, 1.82) is 0 Å². The van der Waals surface area contributed by atoms with E-state index in [4.69, 9.17) is 0 Å². The van der Waals surface area contributed by atoms with Crippen molar-refractivity contribution in [3.8, 4) is 0 Å². The second kappa shape index (κ2) is 3.80. The number of hydrogen-bond acceptors (Lipinski definition) is 1. The van der Waals surface area contributed by atoms with E-state index in [0.717, 1.165) is 17.2 Å². The molecule has 0 saturated heterocycles. The van der Waals surface area contributed by atoms with Gasteiger partial charge in [-0.3, -0.25) is 4.79 Å². The Morgan fingerprint density at radius 1 is 0.750 bits per heavy atom. The van der Waals surface area contributed by atoms with Crippen LogP contribution in [0.15, 0.2) is 42.5 Å². The number of rotatable bonds is 1. The van der Waals surface area contributed by atoms with Crippen LogP contribution in [-0.4, -0.2) is 6.29 Å². The van der Waals surface area contributed by atoms with Crippen LogP contribution in [-0.2, 0) is 0 Å². The van der Waals surface area contributed by atoms with Crippen LogP contribution in [0.3, 0.4) is 0 Å². The monoisotopic (exact) mass is 258 g/mol. The van der Waals surface area contributed by atoms with Gasteiger partial charge >= 0.3 is 0 Å². The minimum Gasteiger partial charge on any atom is -0.298 e. The number of carbonyl (C=O) groups is 1. The van der Waals surface area contributed by atoms with Crippen molar-refractivity contribution in [1.82, 2.24) is 0 Å². The lowest BCUT2D eigenvalue weighted by molar-refractivity contribution is 0.112. The third kappa shape index (κ3) is 1.30. The molecule has 0 spiro atoms. The van der Waals surface area contributed by atoms with Crippen LogP contribution in [0.4, 0.5) is 0 Å². The van der Waals surface area contributed by atoms with Crippen LogP contribution < -0.4 is 0 Å². The van der Waals surface area contributed by atoms with Gasteiger partial charge in [-0.25, -0.2) is 0 Å². The SMILES string of the molecule is Cc1ccc2c(C)cc3c(C=O)ccc4ccc1c2c43. The summed E-state index contributed by atoms with van der Waals surface area (Å²) in [5, 5.41) is 7.35. The van der Waals surface area contributed by atoms with Crippen LogP contribution in [0.2, 0.25) is 0 Å². The average molecular weight is 258 g/mol. The largest absolute Gasteiger partial charge is 0.298 e. The van der Waals surface area contributed by atoms with Gasteiger partial charge in [0.1, 0.15) is 0 Å². The molecule has 0 unspecified atom stereocenters. The van der Waals surface area contributed by atoms with E-state index in [9.17, 15) is 4.79 Å². The van der Waals surface area contributed by atoms with E-state index in [0.29, 0.717) is 0 Å². The molecule has 0 atom stereocenters. The van der Waals surface area contributed by atoms with E-state index in [1.165, 1.54) is 38.1 Å². The molecule has 0 amide bonds. The van der Waals surface area contributed by atoms with Crippen LogP contribution >= 0.6 is 0 Å². The Kier molecular flexibility index (Phi) is 2.17. The highest BCUT2D eigenvalue weighted by Gasteiger charge is 2.13. The zero-order valence-corrected chi connectivity index (χ0v) is 11.5. The molecule has 0 fully saturated rings. The second-order valence-corrected chi connectivity index (χ2v) is 5.53. The van der Waals surface area contributed by atoms with Crippen molar-refractivity contribution >= 4 is 38.6 Å². The average Bonchev–Trinajstić information content (AvgIpc) is 2.47. The Labute approximate surface area is 117 Å². The summed E-state index contributed by atoms with van der Waals surface area (Å²) >= 11 is 0. The lowest BCUT2D eigenvalue weighted by Gasteiger charge is -2.15. The number of hydrogen-bond donors (Lipinski definition) is 0. The van der Waals surface area contributed by atoms with Crippen LogP contribution in [0.25, 0.3) is 32.3 Å². The maximum Gasteiger partial charge on any atom is 0.150 e. The summed E-state index contributed by atoms with van der Waals surface area (Å²) in [5.41, 5.74) is 3.28. The van der Waals surface area contributed by atoms with Gasteiger partial charge in [-0.1, -0.05) is 42.5 Å². The Morgan fingerprint density at radius 3 is 2.25 bits per heavy atom. The molecule has 0 aliphatic heterocycles. The van der Waals surface area contributed by atoms with Crippen LogP contribution in [0, 0.1) is 13.8 Å². The van der Waals surface area contributed by atoms with E-state index in [-0.39, 0.29) is 0 Å². The third-order valence-corrected chi connectivity index (χ3v) is 4.37. The summed E-state index contributed by atoms with van der Waals surface area (Å²) in [6, 6.07) is 14.8. The van der Waals surface area contributed by atoms with E-state index in [2.05, 4.69) is 44.2 Å². The van der Waals surface area contributed by atoms with Crippen LogP contribution in [0.5, 0.6) is 0 Å². The highest BCUT2D eigenvalue weighted by molar-refractivity contribution is 6.26. The maximum absolute atomic E-state index is 11.3. The number of aldehydes is 1. The molecule has 0 aromatic heterocycles. The lowest BCUT2D eigenvalue weighted by Crippen LogP contribution is -1.91. The zero-order valence-electron chi connectivity index (χ0n) is 11.5. The number of benzene rings is 4. The minimum atomic E-state index is 0.775. The molecule has 0 radical (unpaired) electrons. The maximum atomic E-state index is 11.3. The fourth-order valence-electron chi connectivity index (χ4n) is 3.33. The van der Waals surface area contributed by atoms with E-state index >= 15 is 0 Å². The summed E-state index contributed by atoms with van der Waals surface area (Å²) < 4.78 is 0. The molecule has 20 heavy (non-hydrogen) atoms. The van der Waals surface area contributed by atoms with Crippen molar-refractivity contribution in [3.05, 3.63) is 59.2 Å².